The van der Waals surface area contributed by atoms with Crippen LogP contribution in [0.3, 0.4) is 0 Å². The van der Waals surface area contributed by atoms with Gasteiger partial charge >= 0.3 is 5.92 Å². The fraction of sp³-hybridized carbons (Fsp3) is 0.485. The smallest absolute Gasteiger partial charge is 0.339 e. The minimum atomic E-state index is -4.03. The maximum atomic E-state index is 14.5. The number of halogens is 3. The topological polar surface area (TPSA) is 123 Å². The van der Waals surface area contributed by atoms with Crippen LogP contribution in [0.2, 0.25) is 0 Å². The average molecular weight is 632 g/mol. The van der Waals surface area contributed by atoms with Crippen LogP contribution in [0.25, 0.3) is 0 Å². The van der Waals surface area contributed by atoms with Crippen molar-refractivity contribution < 1.29 is 32.3 Å². The zero-order valence-electron chi connectivity index (χ0n) is 27.2. The summed E-state index contributed by atoms with van der Waals surface area (Å²) in [4.78, 5) is 52.5. The molecule has 3 rings (SSSR count). The fourth-order valence-electron chi connectivity index (χ4n) is 4.03. The molecule has 0 saturated carbocycles. The number of nitrogens with one attached hydrogen (secondary N) is 2. The standard InChI is InChI=1S/C26H26F3N5O4.C5H12.C2H6/c1-16(31-25(38)26(28,29)18-8-10-19(27)11-9-18)24(37)33(2)15-22(35)34-14-17(12-21(34)13-30)23(36)32-20-6-4-3-5-7-20;1-5(2,3)4;1-2/h3-11,16-17,21H,12,14-15H2,1-2H3,(H,31,38)(H,32,36);1-4H3;1-2H3. The number of hydrogen-bond donors (Lipinski definition) is 2. The number of hydrogen-bond acceptors (Lipinski definition) is 5. The lowest BCUT2D eigenvalue weighted by atomic mass is 10.0. The Hall–Kier alpha value is -4.40. The highest BCUT2D eigenvalue weighted by Crippen LogP contribution is 2.29. The van der Waals surface area contributed by atoms with Crippen LogP contribution >= 0.6 is 0 Å². The van der Waals surface area contributed by atoms with Gasteiger partial charge in [-0.05, 0) is 55.2 Å². The first kappa shape index (κ1) is 38.6. The van der Waals surface area contributed by atoms with Crippen molar-refractivity contribution >= 4 is 29.3 Å². The normalized spacial score (nSPS) is 16.4. The van der Waals surface area contributed by atoms with Gasteiger partial charge in [0.15, 0.2) is 0 Å². The van der Waals surface area contributed by atoms with Crippen molar-refractivity contribution in [2.75, 3.05) is 25.5 Å². The van der Waals surface area contributed by atoms with E-state index in [0.717, 1.165) is 29.2 Å². The highest BCUT2D eigenvalue weighted by Gasteiger charge is 2.43. The summed E-state index contributed by atoms with van der Waals surface area (Å²) in [7, 11) is 1.25. The van der Waals surface area contributed by atoms with E-state index >= 15 is 0 Å². The van der Waals surface area contributed by atoms with E-state index in [2.05, 4.69) is 33.0 Å². The summed E-state index contributed by atoms with van der Waals surface area (Å²) in [6, 6.07) is 11.5. The molecule has 2 aromatic carbocycles. The number of nitriles is 1. The molecule has 9 nitrogen and oxygen atoms in total. The van der Waals surface area contributed by atoms with Gasteiger partial charge in [-0.2, -0.15) is 14.0 Å². The zero-order valence-corrected chi connectivity index (χ0v) is 27.2. The van der Waals surface area contributed by atoms with Crippen molar-refractivity contribution in [1.29, 1.82) is 5.26 Å². The summed E-state index contributed by atoms with van der Waals surface area (Å²) in [5, 5.41) is 14.1. The Labute approximate surface area is 263 Å². The van der Waals surface area contributed by atoms with Crippen molar-refractivity contribution in [3.05, 3.63) is 66.0 Å². The van der Waals surface area contributed by atoms with Crippen LogP contribution in [0.15, 0.2) is 54.6 Å². The van der Waals surface area contributed by atoms with Gasteiger partial charge in [0.1, 0.15) is 17.9 Å². The third-order valence-electron chi connectivity index (χ3n) is 6.14. The summed E-state index contributed by atoms with van der Waals surface area (Å²) >= 11 is 0. The third kappa shape index (κ3) is 12.3. The molecule has 1 aliphatic rings. The highest BCUT2D eigenvalue weighted by atomic mass is 19.3. The number of carbonyl (C=O) groups is 4. The molecule has 2 aromatic rings. The Balaban J connectivity index is 0.00000131. The number of alkyl halides is 2. The molecule has 0 aliphatic carbocycles. The van der Waals surface area contributed by atoms with Crippen LogP contribution in [0, 0.1) is 28.5 Å². The van der Waals surface area contributed by atoms with E-state index in [1.165, 1.54) is 18.9 Å². The largest absolute Gasteiger partial charge is 0.349 e. The summed E-state index contributed by atoms with van der Waals surface area (Å²) in [5.74, 6) is -8.97. The summed E-state index contributed by atoms with van der Waals surface area (Å²) in [5.41, 5.74) is 0.323. The van der Waals surface area contributed by atoms with Crippen molar-refractivity contribution in [2.24, 2.45) is 11.3 Å². The van der Waals surface area contributed by atoms with Crippen LogP contribution in [-0.4, -0.2) is 65.6 Å². The molecule has 12 heteroatoms. The van der Waals surface area contributed by atoms with Crippen LogP contribution in [0.4, 0.5) is 18.9 Å². The van der Waals surface area contributed by atoms with Gasteiger partial charge in [0.25, 0.3) is 5.91 Å². The number of carbonyl (C=O) groups excluding carboxylic acids is 4. The molecule has 0 spiro atoms. The molecule has 3 atom stereocenters. The Kier molecular flexibility index (Phi) is 14.7. The first-order valence-corrected chi connectivity index (χ1v) is 14.7. The van der Waals surface area contributed by atoms with Crippen LogP contribution in [0.1, 0.15) is 60.5 Å². The third-order valence-corrected chi connectivity index (χ3v) is 6.14. The van der Waals surface area contributed by atoms with Gasteiger partial charge in [0.2, 0.25) is 17.7 Å². The number of anilines is 1. The fourth-order valence-corrected chi connectivity index (χ4v) is 4.03. The molecule has 1 heterocycles. The Bertz CT molecular complexity index is 1320. The lowest BCUT2D eigenvalue weighted by Crippen LogP contribution is -2.52. The van der Waals surface area contributed by atoms with E-state index < -0.39 is 59.6 Å². The summed E-state index contributed by atoms with van der Waals surface area (Å²) in [6.45, 7) is 13.4. The number of likely N-dealkylation sites (N-methyl/N-ethyl adjacent to an activating group) is 1. The lowest BCUT2D eigenvalue weighted by molar-refractivity contribution is -0.150. The molecule has 1 fully saturated rings. The number of amides is 4. The Morgan fingerprint density at radius 1 is 1.02 bits per heavy atom. The molecule has 0 radical (unpaired) electrons. The Morgan fingerprint density at radius 2 is 1.56 bits per heavy atom. The van der Waals surface area contributed by atoms with Gasteiger partial charge in [-0.25, -0.2) is 4.39 Å². The molecule has 0 bridgehead atoms. The average Bonchev–Trinajstić information content (AvgIpc) is 3.43. The van der Waals surface area contributed by atoms with Gasteiger partial charge in [-0.15, -0.1) is 0 Å². The minimum Gasteiger partial charge on any atom is -0.339 e. The number of benzene rings is 2. The first-order chi connectivity index (χ1) is 20.9. The van der Waals surface area contributed by atoms with E-state index in [0.29, 0.717) is 11.1 Å². The molecule has 2 N–H and O–H groups in total. The molecule has 246 valence electrons. The number of likely N-dealkylation sites (tertiary alicyclic amines) is 1. The minimum absolute atomic E-state index is 0.0338. The predicted molar refractivity (Wildman–Crippen MR) is 166 cm³/mol. The quantitative estimate of drug-likeness (QED) is 0.408. The van der Waals surface area contributed by atoms with Gasteiger partial charge in [0, 0.05) is 24.8 Å². The van der Waals surface area contributed by atoms with Gasteiger partial charge in [0.05, 0.1) is 18.5 Å². The zero-order chi connectivity index (χ0) is 34.5. The maximum Gasteiger partial charge on any atom is 0.349 e. The van der Waals surface area contributed by atoms with Crippen LogP contribution in [-0.2, 0) is 25.1 Å². The van der Waals surface area contributed by atoms with E-state index in [1.54, 1.807) is 30.3 Å². The first-order valence-electron chi connectivity index (χ1n) is 14.7. The molecular weight excluding hydrogens is 587 g/mol. The molecule has 4 amide bonds. The lowest BCUT2D eigenvalue weighted by Gasteiger charge is -2.26. The molecule has 1 aliphatic heterocycles. The SMILES string of the molecule is CC.CC(C)(C)C.CC(NC(=O)C(F)(F)c1ccc(F)cc1)C(=O)N(C)CC(=O)N1CC(C(=O)Nc2ccccc2)CC1C#N. The van der Waals surface area contributed by atoms with Gasteiger partial charge < -0.3 is 20.4 Å². The van der Waals surface area contributed by atoms with E-state index in [4.69, 9.17) is 0 Å². The second kappa shape index (κ2) is 17.2. The van der Waals surface area contributed by atoms with Crippen molar-refractivity contribution in [2.45, 2.75) is 72.9 Å². The second-order valence-corrected chi connectivity index (χ2v) is 11.9. The van der Waals surface area contributed by atoms with Crippen LogP contribution in [0.5, 0.6) is 0 Å². The monoisotopic (exact) mass is 631 g/mol. The highest BCUT2D eigenvalue weighted by molar-refractivity contribution is 5.95. The second-order valence-electron chi connectivity index (χ2n) is 11.9. The number of para-hydroxylation sites is 1. The molecule has 1 saturated heterocycles. The number of nitrogens with zero attached hydrogens (tertiary/aromatic N) is 3. The molecule has 3 unspecified atom stereocenters. The van der Waals surface area contributed by atoms with Crippen molar-refractivity contribution in [3.8, 4) is 6.07 Å². The number of rotatable bonds is 8. The van der Waals surface area contributed by atoms with E-state index in [1.807, 2.05) is 25.2 Å². The van der Waals surface area contributed by atoms with Crippen molar-refractivity contribution in [1.82, 2.24) is 15.1 Å². The molecular formula is C33H44F3N5O4. The van der Waals surface area contributed by atoms with Gasteiger partial charge in [-0.1, -0.05) is 59.7 Å². The summed E-state index contributed by atoms with van der Waals surface area (Å²) < 4.78 is 41.9. The van der Waals surface area contributed by atoms with Crippen molar-refractivity contribution in [3.63, 3.8) is 0 Å². The Morgan fingerprint density at radius 3 is 2.07 bits per heavy atom. The van der Waals surface area contributed by atoms with E-state index in [-0.39, 0.29) is 18.9 Å². The maximum absolute atomic E-state index is 14.5. The molecule has 45 heavy (non-hydrogen) atoms. The summed E-state index contributed by atoms with van der Waals surface area (Å²) in [6.07, 6.45) is 0.115. The van der Waals surface area contributed by atoms with Crippen LogP contribution < -0.4 is 10.6 Å². The van der Waals surface area contributed by atoms with Gasteiger partial charge in [-0.3, -0.25) is 19.2 Å². The predicted octanol–water partition coefficient (Wildman–Crippen LogP) is 5.34. The molecule has 0 aromatic heterocycles. The van der Waals surface area contributed by atoms with E-state index in [9.17, 15) is 37.6 Å².